The van der Waals surface area contributed by atoms with E-state index < -0.39 is 14.2 Å². The summed E-state index contributed by atoms with van der Waals surface area (Å²) in [6, 6.07) is -0.642. The molecule has 0 N–H and O–H groups in total. The van der Waals surface area contributed by atoms with Gasteiger partial charge in [0, 0.05) is 0 Å². The van der Waals surface area contributed by atoms with Crippen LogP contribution in [0.1, 0.15) is 13.8 Å². The third-order valence-corrected chi connectivity index (χ3v) is 17.8. The quantitative estimate of drug-likeness (QED) is 0.718. The molecule has 2 aliphatic rings. The normalized spacial score (nSPS) is 25.5. The molecule has 0 saturated carbocycles. The number of rotatable bonds is 5. The van der Waals surface area contributed by atoms with Crippen LogP contribution in [-0.2, 0) is 13.6 Å². The van der Waals surface area contributed by atoms with Gasteiger partial charge < -0.3 is 0 Å². The van der Waals surface area contributed by atoms with Gasteiger partial charge in [-0.2, -0.15) is 0 Å². The molecule has 2 saturated heterocycles. The molecule has 0 aliphatic carbocycles. The van der Waals surface area contributed by atoms with Crippen molar-refractivity contribution in [1.29, 1.82) is 0 Å². The average Bonchev–Trinajstić information content (AvgIpc) is 2.47. The summed E-state index contributed by atoms with van der Waals surface area (Å²) in [5.41, 5.74) is 0. The maximum absolute atomic E-state index is 13.6. The Balaban J connectivity index is 2.73. The van der Waals surface area contributed by atoms with Gasteiger partial charge in [-0.3, -0.25) is 0 Å². The van der Waals surface area contributed by atoms with E-state index in [1.807, 2.05) is 0 Å². The molecule has 0 radical (unpaired) electrons. The second-order valence-corrected chi connectivity index (χ2v) is 14.1. The van der Waals surface area contributed by atoms with Gasteiger partial charge in [0.2, 0.25) is 0 Å². The molecular formula is C10H22N4O5P2. The van der Waals surface area contributed by atoms with Crippen LogP contribution in [0.25, 0.3) is 0 Å². The van der Waals surface area contributed by atoms with Crippen molar-refractivity contribution < 1.29 is 23.2 Å². The molecular weight excluding hydrogens is 318 g/mol. The van der Waals surface area contributed by atoms with Crippen LogP contribution in [0.3, 0.4) is 0 Å². The maximum atomic E-state index is 13.6. The van der Waals surface area contributed by atoms with Crippen molar-refractivity contribution in [3.05, 3.63) is 0 Å². The topological polar surface area (TPSA) is 82.6 Å². The van der Waals surface area contributed by atoms with E-state index >= 15 is 0 Å². The summed E-state index contributed by atoms with van der Waals surface area (Å²) < 4.78 is 30.1. The Morgan fingerprint density at radius 2 is 1.14 bits per heavy atom. The van der Waals surface area contributed by atoms with Gasteiger partial charge in [0.05, 0.1) is 0 Å². The number of amides is 4. The molecule has 0 bridgehead atoms. The van der Waals surface area contributed by atoms with Gasteiger partial charge in [-0.1, -0.05) is 0 Å². The van der Waals surface area contributed by atoms with Gasteiger partial charge in [-0.05, 0) is 0 Å². The Bertz CT molecular complexity index is 482. The zero-order valence-corrected chi connectivity index (χ0v) is 14.9. The number of hydrogen-bond acceptors (Lipinski definition) is 5. The molecule has 2 aliphatic heterocycles. The number of carbonyl (C=O) groups is 2. The monoisotopic (exact) mass is 340 g/mol. The summed E-state index contributed by atoms with van der Waals surface area (Å²) in [4.78, 5) is 24.2. The zero-order chi connectivity index (χ0) is 16.2. The van der Waals surface area contributed by atoms with Crippen LogP contribution in [0.5, 0.6) is 0 Å². The van der Waals surface area contributed by atoms with Gasteiger partial charge in [-0.25, -0.2) is 0 Å². The summed E-state index contributed by atoms with van der Waals surface area (Å²) in [7, 11) is 2.34. The van der Waals surface area contributed by atoms with Crippen LogP contribution in [0, 0.1) is 0 Å². The molecule has 0 aromatic carbocycles. The van der Waals surface area contributed by atoms with E-state index in [0.717, 1.165) is 0 Å². The fraction of sp³-hybridized carbons (Fsp3) is 0.800. The fourth-order valence-corrected chi connectivity index (χ4v) is 16.6. The van der Waals surface area contributed by atoms with Gasteiger partial charge in [0.1, 0.15) is 0 Å². The van der Waals surface area contributed by atoms with E-state index in [9.17, 15) is 14.2 Å². The van der Waals surface area contributed by atoms with Crippen molar-refractivity contribution in [3.63, 3.8) is 0 Å². The predicted molar refractivity (Wildman–Crippen MR) is 79.6 cm³/mol. The van der Waals surface area contributed by atoms with E-state index in [1.54, 1.807) is 13.8 Å². The summed E-state index contributed by atoms with van der Waals surface area (Å²) in [5.74, 6) is 0. The van der Waals surface area contributed by atoms with Crippen molar-refractivity contribution >= 4 is 26.2 Å². The molecule has 21 heavy (non-hydrogen) atoms. The van der Waals surface area contributed by atoms with Gasteiger partial charge in [-0.15, -0.1) is 0 Å². The molecule has 1 spiro atoms. The van der Waals surface area contributed by atoms with Crippen LogP contribution in [0.4, 0.5) is 9.59 Å². The van der Waals surface area contributed by atoms with Crippen molar-refractivity contribution in [2.24, 2.45) is 0 Å². The van der Waals surface area contributed by atoms with Crippen molar-refractivity contribution in [2.45, 2.75) is 13.8 Å². The molecule has 2 heterocycles. The minimum absolute atomic E-state index is 0.154. The van der Waals surface area contributed by atoms with Crippen molar-refractivity contribution in [2.75, 3.05) is 41.4 Å². The van der Waals surface area contributed by atoms with Gasteiger partial charge >= 0.3 is 123 Å². The van der Waals surface area contributed by atoms with E-state index in [-0.39, 0.29) is 25.3 Å². The van der Waals surface area contributed by atoms with Crippen molar-refractivity contribution in [1.82, 2.24) is 18.7 Å². The first-order valence-electron chi connectivity index (χ1n) is 6.63. The van der Waals surface area contributed by atoms with Gasteiger partial charge in [0.25, 0.3) is 0 Å². The molecule has 0 unspecified atom stereocenters. The molecule has 9 nitrogen and oxygen atoms in total. The van der Waals surface area contributed by atoms with E-state index in [0.29, 0.717) is 0 Å². The summed E-state index contributed by atoms with van der Waals surface area (Å²) in [5, 5.41) is 0. The number of urea groups is 2. The second-order valence-electron chi connectivity index (χ2n) is 4.86. The number of hydrogen-bond donors (Lipinski definition) is 0. The van der Waals surface area contributed by atoms with Gasteiger partial charge in [0.15, 0.2) is 0 Å². The molecule has 0 aromatic rings. The van der Waals surface area contributed by atoms with E-state index in [4.69, 9.17) is 9.05 Å². The summed E-state index contributed by atoms with van der Waals surface area (Å²) >= 11 is 0. The average molecular weight is 340 g/mol. The third kappa shape index (κ3) is 1.24. The SMILES string of the molecule is CCOP(=O)(OCC)P12(N(C)C(=O)N1C)N(C)C(=O)N2C. The molecule has 0 aromatic heterocycles. The Kier molecular flexibility index (Phi) is 3.58. The van der Waals surface area contributed by atoms with Crippen LogP contribution in [-0.4, -0.2) is 72.1 Å². The van der Waals surface area contributed by atoms with Crippen LogP contribution in [0.15, 0.2) is 0 Å². The minimum atomic E-state index is -3.93. The molecule has 122 valence electrons. The summed E-state index contributed by atoms with van der Waals surface area (Å²) in [6.45, 7) is -0.227. The second kappa shape index (κ2) is 4.56. The number of carbonyl (C=O) groups excluding carboxylic acids is 2. The summed E-state index contributed by atoms with van der Waals surface area (Å²) in [6.07, 6.45) is 0. The van der Waals surface area contributed by atoms with Crippen LogP contribution in [0.2, 0.25) is 0 Å². The van der Waals surface area contributed by atoms with Crippen LogP contribution < -0.4 is 0 Å². The standard InChI is InChI=1S/C10H22N4O5P2/c1-7-18-20(17,19-8-2)21(11(3)9(15)12(21)4)13(5)10(16)14(21)6/h7-8H2,1-6H3. The Morgan fingerprint density at radius 3 is 1.38 bits per heavy atom. The molecule has 2 rings (SSSR count). The van der Waals surface area contributed by atoms with E-state index in [2.05, 4.69) is 0 Å². The molecule has 2 fully saturated rings. The molecule has 0 atom stereocenters. The first-order valence-corrected chi connectivity index (χ1v) is 10.9. The predicted octanol–water partition coefficient (Wildman–Crippen LogP) is 2.38. The first kappa shape index (κ1) is 16.5. The Labute approximate surface area is 124 Å². The Morgan fingerprint density at radius 1 is 0.857 bits per heavy atom. The first-order chi connectivity index (χ1) is 9.68. The molecule has 11 heteroatoms. The number of nitrogens with zero attached hydrogens (tertiary/aromatic N) is 4. The zero-order valence-electron chi connectivity index (χ0n) is 13.1. The molecule has 4 amide bonds. The third-order valence-electron chi connectivity index (χ3n) is 4.28. The fourth-order valence-electron chi connectivity index (χ4n) is 3.39. The van der Waals surface area contributed by atoms with E-state index in [1.165, 1.54) is 46.9 Å². The van der Waals surface area contributed by atoms with Crippen LogP contribution >= 0.6 is 14.2 Å². The van der Waals surface area contributed by atoms with Crippen molar-refractivity contribution in [3.8, 4) is 0 Å². The Hall–Kier alpha value is -0.880.